The third kappa shape index (κ3) is 4.91. The van der Waals surface area contributed by atoms with Crippen LogP contribution in [0.15, 0.2) is 73.8 Å². The highest BCUT2D eigenvalue weighted by atomic mass is 79.9. The Bertz CT molecular complexity index is 1360. The monoisotopic (exact) mass is 635 g/mol. The van der Waals surface area contributed by atoms with Gasteiger partial charge in [0.05, 0.1) is 24.5 Å². The van der Waals surface area contributed by atoms with Gasteiger partial charge in [-0.05, 0) is 37.0 Å². The Hall–Kier alpha value is -3.27. The highest BCUT2D eigenvalue weighted by Crippen LogP contribution is 2.60. The van der Waals surface area contributed by atoms with E-state index >= 15 is 0 Å². The van der Waals surface area contributed by atoms with Crippen molar-refractivity contribution in [3.8, 4) is 0 Å². The predicted octanol–water partition coefficient (Wildman–Crippen LogP) is 3.78. The Morgan fingerprint density at radius 1 is 1.07 bits per heavy atom. The summed E-state index contributed by atoms with van der Waals surface area (Å²) in [5, 5.41) is 10.00. The lowest BCUT2D eigenvalue weighted by Crippen LogP contribution is -2.57. The van der Waals surface area contributed by atoms with Crippen molar-refractivity contribution in [3.63, 3.8) is 0 Å². The summed E-state index contributed by atoms with van der Waals surface area (Å²) >= 11 is 3.75. The van der Waals surface area contributed by atoms with Gasteiger partial charge in [-0.25, -0.2) is 0 Å². The zero-order valence-electron chi connectivity index (χ0n) is 24.1. The van der Waals surface area contributed by atoms with Crippen molar-refractivity contribution in [2.75, 3.05) is 31.1 Å². The number of aliphatic hydroxyl groups is 1. The lowest BCUT2D eigenvalue weighted by molar-refractivity contribution is -0.145. The van der Waals surface area contributed by atoms with Crippen molar-refractivity contribution >= 4 is 39.3 Å². The molecule has 3 unspecified atom stereocenters. The van der Waals surface area contributed by atoms with Gasteiger partial charge in [-0.2, -0.15) is 0 Å². The summed E-state index contributed by atoms with van der Waals surface area (Å²) in [6, 6.07) is 14.5. The van der Waals surface area contributed by atoms with Crippen molar-refractivity contribution in [3.05, 3.63) is 90.5 Å². The molecule has 3 heterocycles. The van der Waals surface area contributed by atoms with E-state index in [2.05, 4.69) is 29.1 Å². The highest BCUT2D eigenvalue weighted by molar-refractivity contribution is 9.09. The molecule has 0 saturated carbocycles. The van der Waals surface area contributed by atoms with Gasteiger partial charge in [-0.3, -0.25) is 14.4 Å². The second-order valence-electron chi connectivity index (χ2n) is 11.4. The van der Waals surface area contributed by atoms with Crippen LogP contribution in [0, 0.1) is 25.7 Å². The number of amides is 3. The molecule has 5 rings (SSSR count). The number of para-hydroxylation sites is 1. The maximum atomic E-state index is 14.7. The molecule has 222 valence electrons. The number of fused-ring (bicyclic) bond motifs is 1. The van der Waals surface area contributed by atoms with Gasteiger partial charge in [0.15, 0.2) is 0 Å². The van der Waals surface area contributed by atoms with Gasteiger partial charge in [0, 0.05) is 36.7 Å². The lowest BCUT2D eigenvalue weighted by Gasteiger charge is -2.38. The maximum Gasteiger partial charge on any atom is 0.253 e. The van der Waals surface area contributed by atoms with Crippen molar-refractivity contribution in [1.29, 1.82) is 0 Å². The summed E-state index contributed by atoms with van der Waals surface area (Å²) in [6.07, 6.45) is 3.16. The maximum absolute atomic E-state index is 14.7. The molecule has 2 aromatic rings. The third-order valence-electron chi connectivity index (χ3n) is 8.81. The SMILES string of the molecule is C=CCN(Cc1ccccc1)C(=O)[C@H]1[C@@H]2OC3(CC2Br)C(C(=O)N(CC=C)c2c(C)cccc2C)N(CCO)C(=O)[C@H]13. The number of aliphatic hydroxyl groups excluding tert-OH is 1. The Morgan fingerprint density at radius 2 is 1.74 bits per heavy atom. The molecule has 3 aliphatic heterocycles. The van der Waals surface area contributed by atoms with Crippen LogP contribution in [0.3, 0.4) is 0 Å². The van der Waals surface area contributed by atoms with Crippen molar-refractivity contribution in [2.24, 2.45) is 11.8 Å². The fourth-order valence-corrected chi connectivity index (χ4v) is 8.18. The average Bonchev–Trinajstić information content (AvgIpc) is 3.55. The van der Waals surface area contributed by atoms with Crippen LogP contribution >= 0.6 is 15.9 Å². The first kappa shape index (κ1) is 30.2. The van der Waals surface area contributed by atoms with E-state index in [4.69, 9.17) is 4.74 Å². The number of carbonyl (C=O) groups excluding carboxylic acids is 3. The Morgan fingerprint density at radius 3 is 2.36 bits per heavy atom. The highest BCUT2D eigenvalue weighted by Gasteiger charge is 2.76. The molecule has 0 aromatic heterocycles. The number of benzene rings is 2. The number of ether oxygens (including phenoxy) is 1. The van der Waals surface area contributed by atoms with Crippen molar-refractivity contribution < 1.29 is 24.2 Å². The van der Waals surface area contributed by atoms with E-state index < -0.39 is 29.6 Å². The topological polar surface area (TPSA) is 90.4 Å². The molecule has 3 aliphatic rings. The summed E-state index contributed by atoms with van der Waals surface area (Å²) in [6.45, 7) is 12.2. The number of anilines is 1. The summed E-state index contributed by atoms with van der Waals surface area (Å²) in [7, 11) is 0. The fourth-order valence-electron chi connectivity index (χ4n) is 7.24. The molecular formula is C33H38BrN3O5. The minimum atomic E-state index is -1.22. The zero-order chi connectivity index (χ0) is 30.2. The number of β-amino-alcohol motifs (C(OH)–C–C–N with tert-alkyl or cyclic N) is 1. The Kier molecular flexibility index (Phi) is 8.73. The van der Waals surface area contributed by atoms with Crippen LogP contribution in [0.4, 0.5) is 5.69 Å². The summed E-state index contributed by atoms with van der Waals surface area (Å²) in [5.74, 6) is -2.48. The molecule has 8 nitrogen and oxygen atoms in total. The van der Waals surface area contributed by atoms with Gasteiger partial charge in [0.2, 0.25) is 11.8 Å². The molecule has 42 heavy (non-hydrogen) atoms. The van der Waals surface area contributed by atoms with Crippen LogP contribution in [-0.2, 0) is 25.7 Å². The van der Waals surface area contributed by atoms with E-state index in [-0.39, 0.29) is 42.2 Å². The summed E-state index contributed by atoms with van der Waals surface area (Å²) < 4.78 is 6.68. The molecule has 0 radical (unpaired) electrons. The molecule has 1 spiro atoms. The van der Waals surface area contributed by atoms with Crippen LogP contribution < -0.4 is 4.90 Å². The van der Waals surface area contributed by atoms with E-state index in [9.17, 15) is 19.5 Å². The minimum absolute atomic E-state index is 0.0373. The molecule has 2 bridgehead atoms. The van der Waals surface area contributed by atoms with E-state index in [1.165, 1.54) is 4.90 Å². The number of rotatable bonds is 11. The van der Waals surface area contributed by atoms with E-state index in [1.807, 2.05) is 62.4 Å². The van der Waals surface area contributed by atoms with Crippen LogP contribution in [0.2, 0.25) is 0 Å². The third-order valence-corrected chi connectivity index (χ3v) is 9.66. The largest absolute Gasteiger partial charge is 0.395 e. The number of hydrogen-bond acceptors (Lipinski definition) is 5. The van der Waals surface area contributed by atoms with E-state index in [0.29, 0.717) is 19.5 Å². The first-order valence-corrected chi connectivity index (χ1v) is 15.3. The molecule has 2 aromatic carbocycles. The van der Waals surface area contributed by atoms with Gasteiger partial charge in [-0.1, -0.05) is 76.6 Å². The molecule has 1 N–H and O–H groups in total. The zero-order valence-corrected chi connectivity index (χ0v) is 25.7. The second kappa shape index (κ2) is 12.1. The second-order valence-corrected chi connectivity index (χ2v) is 12.6. The first-order valence-electron chi connectivity index (χ1n) is 14.4. The first-order chi connectivity index (χ1) is 20.2. The molecule has 9 heteroatoms. The average molecular weight is 637 g/mol. The smallest absolute Gasteiger partial charge is 0.253 e. The van der Waals surface area contributed by atoms with E-state index in [1.54, 1.807) is 22.0 Å². The number of hydrogen-bond donors (Lipinski definition) is 1. The van der Waals surface area contributed by atoms with Crippen molar-refractivity contribution in [1.82, 2.24) is 9.80 Å². The number of carbonyl (C=O) groups is 3. The fraction of sp³-hybridized carbons (Fsp3) is 0.424. The number of likely N-dealkylation sites (tertiary alicyclic amines) is 1. The van der Waals surface area contributed by atoms with Crippen LogP contribution in [0.1, 0.15) is 23.1 Å². The lowest BCUT2D eigenvalue weighted by atomic mass is 9.70. The van der Waals surface area contributed by atoms with Gasteiger partial charge < -0.3 is 24.5 Å². The summed E-state index contributed by atoms with van der Waals surface area (Å²) in [5.41, 5.74) is 2.34. The van der Waals surface area contributed by atoms with Gasteiger partial charge >= 0.3 is 0 Å². The predicted molar refractivity (Wildman–Crippen MR) is 165 cm³/mol. The number of alkyl halides is 1. The Balaban J connectivity index is 1.56. The quantitative estimate of drug-likeness (QED) is 0.300. The molecule has 0 aliphatic carbocycles. The van der Waals surface area contributed by atoms with Gasteiger partial charge in [0.25, 0.3) is 5.91 Å². The van der Waals surface area contributed by atoms with Crippen molar-refractivity contribution in [2.45, 2.75) is 49.4 Å². The van der Waals surface area contributed by atoms with Crippen LogP contribution in [0.25, 0.3) is 0 Å². The molecule has 3 fully saturated rings. The number of nitrogens with zero attached hydrogens (tertiary/aromatic N) is 3. The molecule has 3 saturated heterocycles. The standard InChI is InChI=1S/C33H38BrN3O5/c1-5-15-35(20-23-13-8-7-9-14-23)30(39)25-26-31(40)37(17-18-38)29(33(26)19-24(34)28(25)42-33)32(41)36(16-6-2)27-21(3)11-10-12-22(27)4/h5-14,24-26,28-29,38H,1-2,15-20H2,3-4H3/t24?,25-,26+,28-,29?,33?/m1/s1. The van der Waals surface area contributed by atoms with Gasteiger partial charge in [0.1, 0.15) is 11.6 Å². The number of aryl methyl sites for hydroxylation is 2. The minimum Gasteiger partial charge on any atom is -0.395 e. The molecule has 6 atom stereocenters. The summed E-state index contributed by atoms with van der Waals surface area (Å²) in [4.78, 5) is 47.7. The molecular weight excluding hydrogens is 598 g/mol. The van der Waals surface area contributed by atoms with Crippen LogP contribution in [0.5, 0.6) is 0 Å². The van der Waals surface area contributed by atoms with E-state index in [0.717, 1.165) is 22.4 Å². The Labute approximate surface area is 255 Å². The molecule has 3 amide bonds. The van der Waals surface area contributed by atoms with Crippen LogP contribution in [-0.4, -0.2) is 81.4 Å². The number of halogens is 1. The normalized spacial score (nSPS) is 27.6. The van der Waals surface area contributed by atoms with Gasteiger partial charge in [-0.15, -0.1) is 13.2 Å².